The Morgan fingerprint density at radius 1 is 1.23 bits per heavy atom. The molecule has 2 heterocycles. The van der Waals surface area contributed by atoms with Crippen molar-refractivity contribution in [2.45, 2.75) is 32.7 Å². The highest BCUT2D eigenvalue weighted by atomic mass is 16.1. The summed E-state index contributed by atoms with van der Waals surface area (Å²) in [4.78, 5) is 22.5. The van der Waals surface area contributed by atoms with E-state index in [9.17, 15) is 4.79 Å². The van der Waals surface area contributed by atoms with E-state index >= 15 is 0 Å². The van der Waals surface area contributed by atoms with Crippen LogP contribution in [0.2, 0.25) is 0 Å². The Hall–Kier alpha value is -2.63. The van der Waals surface area contributed by atoms with Crippen LogP contribution in [0.3, 0.4) is 0 Å². The third-order valence-corrected chi connectivity index (χ3v) is 3.69. The molecule has 3 aromatic rings. The van der Waals surface area contributed by atoms with E-state index in [1.165, 1.54) is 18.4 Å². The summed E-state index contributed by atoms with van der Waals surface area (Å²) in [5.74, 6) is 0.106. The quantitative estimate of drug-likeness (QED) is 0.754. The Labute approximate surface area is 128 Å². The average Bonchev–Trinajstić information content (AvgIpc) is 2.90. The first-order valence-electron chi connectivity index (χ1n) is 7.46. The van der Waals surface area contributed by atoms with Gasteiger partial charge in [-0.3, -0.25) is 9.78 Å². The molecule has 3 N–H and O–H groups in total. The van der Waals surface area contributed by atoms with Crippen molar-refractivity contribution in [3.8, 4) is 0 Å². The first-order valence-corrected chi connectivity index (χ1v) is 7.46. The van der Waals surface area contributed by atoms with Crippen LogP contribution in [-0.4, -0.2) is 19.5 Å². The molecule has 3 rings (SSSR count). The average molecular weight is 297 g/mol. The van der Waals surface area contributed by atoms with Crippen LogP contribution >= 0.6 is 0 Å². The first-order chi connectivity index (χ1) is 10.7. The Morgan fingerprint density at radius 3 is 2.68 bits per heavy atom. The standard InChI is InChI=1S/C16H19N5O/c1-2-3-4-11-5-7-12(8-6-11)9-21-10-18-13-14(21)19-16(17)20-15(13)22/h5-8,10H,2-4,9H2,1H3,(H3,17,19,20,22). The molecule has 2 aromatic heterocycles. The van der Waals surface area contributed by atoms with Gasteiger partial charge in [0.05, 0.1) is 12.9 Å². The molecule has 22 heavy (non-hydrogen) atoms. The zero-order chi connectivity index (χ0) is 15.5. The minimum absolute atomic E-state index is 0.106. The van der Waals surface area contributed by atoms with Crippen molar-refractivity contribution in [2.24, 2.45) is 0 Å². The van der Waals surface area contributed by atoms with Gasteiger partial charge < -0.3 is 10.3 Å². The normalized spacial score (nSPS) is 11.1. The molecule has 0 amide bonds. The minimum Gasteiger partial charge on any atom is -0.369 e. The predicted octanol–water partition coefficient (Wildman–Crippen LogP) is 2.09. The van der Waals surface area contributed by atoms with Gasteiger partial charge in [-0.1, -0.05) is 37.6 Å². The van der Waals surface area contributed by atoms with Gasteiger partial charge in [0.2, 0.25) is 5.95 Å². The number of nitrogen functional groups attached to an aromatic ring is 1. The van der Waals surface area contributed by atoms with Crippen LogP contribution in [0.1, 0.15) is 30.9 Å². The van der Waals surface area contributed by atoms with Crippen molar-refractivity contribution in [3.05, 3.63) is 52.1 Å². The van der Waals surface area contributed by atoms with Gasteiger partial charge in [0, 0.05) is 0 Å². The zero-order valence-electron chi connectivity index (χ0n) is 12.5. The fourth-order valence-electron chi connectivity index (χ4n) is 2.48. The van der Waals surface area contributed by atoms with E-state index in [2.05, 4.69) is 46.1 Å². The number of fused-ring (bicyclic) bond motifs is 1. The van der Waals surface area contributed by atoms with Crippen molar-refractivity contribution >= 4 is 17.1 Å². The third kappa shape index (κ3) is 2.86. The van der Waals surface area contributed by atoms with Crippen molar-refractivity contribution in [1.29, 1.82) is 0 Å². The lowest BCUT2D eigenvalue weighted by atomic mass is 10.1. The first kappa shape index (κ1) is 14.3. The summed E-state index contributed by atoms with van der Waals surface area (Å²) in [5.41, 5.74) is 8.61. The third-order valence-electron chi connectivity index (χ3n) is 3.69. The summed E-state index contributed by atoms with van der Waals surface area (Å²) in [5, 5.41) is 0. The topological polar surface area (TPSA) is 89.6 Å². The van der Waals surface area contributed by atoms with E-state index in [0.29, 0.717) is 17.7 Å². The lowest BCUT2D eigenvalue weighted by Gasteiger charge is -2.06. The van der Waals surface area contributed by atoms with Gasteiger partial charge in [0.25, 0.3) is 5.56 Å². The highest BCUT2D eigenvalue weighted by Gasteiger charge is 2.09. The molecular weight excluding hydrogens is 278 g/mol. The number of rotatable bonds is 5. The SMILES string of the molecule is CCCCc1ccc(Cn2cnc3c(=O)[nH]c(N)nc32)cc1. The van der Waals surface area contributed by atoms with E-state index in [1.807, 2.05) is 4.57 Å². The molecule has 0 aliphatic rings. The maximum Gasteiger partial charge on any atom is 0.280 e. The molecule has 0 aliphatic carbocycles. The minimum atomic E-state index is -0.309. The summed E-state index contributed by atoms with van der Waals surface area (Å²) in [7, 11) is 0. The van der Waals surface area contributed by atoms with E-state index in [4.69, 9.17) is 5.73 Å². The van der Waals surface area contributed by atoms with E-state index in [-0.39, 0.29) is 11.5 Å². The second-order valence-electron chi connectivity index (χ2n) is 5.42. The zero-order valence-corrected chi connectivity index (χ0v) is 12.5. The number of nitrogens with two attached hydrogens (primary N) is 1. The molecule has 114 valence electrons. The maximum absolute atomic E-state index is 11.8. The molecule has 0 aliphatic heterocycles. The number of anilines is 1. The van der Waals surface area contributed by atoms with Crippen LogP contribution < -0.4 is 11.3 Å². The largest absolute Gasteiger partial charge is 0.369 e. The Balaban J connectivity index is 1.85. The van der Waals surface area contributed by atoms with Gasteiger partial charge in [-0.05, 0) is 24.0 Å². The number of aromatic amines is 1. The highest BCUT2D eigenvalue weighted by molar-refractivity contribution is 5.70. The molecule has 0 spiro atoms. The van der Waals surface area contributed by atoms with Crippen LogP contribution in [0.25, 0.3) is 11.2 Å². The van der Waals surface area contributed by atoms with Crippen molar-refractivity contribution in [2.75, 3.05) is 5.73 Å². The van der Waals surface area contributed by atoms with Crippen LogP contribution in [0, 0.1) is 0 Å². The van der Waals surface area contributed by atoms with Crippen molar-refractivity contribution < 1.29 is 0 Å². The fraction of sp³-hybridized carbons (Fsp3) is 0.312. The molecule has 0 radical (unpaired) electrons. The van der Waals surface area contributed by atoms with Crippen LogP contribution in [-0.2, 0) is 13.0 Å². The molecule has 0 atom stereocenters. The lowest BCUT2D eigenvalue weighted by molar-refractivity contribution is 0.790. The number of benzene rings is 1. The fourth-order valence-corrected chi connectivity index (χ4v) is 2.48. The molecule has 6 nitrogen and oxygen atoms in total. The Kier molecular flexibility index (Phi) is 3.91. The van der Waals surface area contributed by atoms with Gasteiger partial charge in [0.1, 0.15) is 0 Å². The van der Waals surface area contributed by atoms with Gasteiger partial charge in [-0.2, -0.15) is 4.98 Å². The number of aromatic nitrogens is 4. The van der Waals surface area contributed by atoms with Crippen molar-refractivity contribution in [3.63, 3.8) is 0 Å². The number of aryl methyl sites for hydroxylation is 1. The molecule has 0 fully saturated rings. The molecule has 0 saturated carbocycles. The van der Waals surface area contributed by atoms with Crippen LogP contribution in [0.5, 0.6) is 0 Å². The molecule has 0 unspecified atom stereocenters. The van der Waals surface area contributed by atoms with Gasteiger partial charge in [-0.15, -0.1) is 0 Å². The second kappa shape index (κ2) is 6.01. The van der Waals surface area contributed by atoms with Crippen LogP contribution in [0.4, 0.5) is 5.95 Å². The number of nitrogens with zero attached hydrogens (tertiary/aromatic N) is 3. The molecule has 1 aromatic carbocycles. The number of H-pyrrole nitrogens is 1. The summed E-state index contributed by atoms with van der Waals surface area (Å²) in [6.45, 7) is 2.80. The summed E-state index contributed by atoms with van der Waals surface area (Å²) in [6, 6.07) is 8.51. The van der Waals surface area contributed by atoms with E-state index in [0.717, 1.165) is 12.0 Å². The lowest BCUT2D eigenvalue weighted by Crippen LogP contribution is -2.12. The monoisotopic (exact) mass is 297 g/mol. The van der Waals surface area contributed by atoms with E-state index in [1.54, 1.807) is 6.33 Å². The summed E-state index contributed by atoms with van der Waals surface area (Å²) >= 11 is 0. The van der Waals surface area contributed by atoms with Crippen molar-refractivity contribution in [1.82, 2.24) is 19.5 Å². The van der Waals surface area contributed by atoms with Gasteiger partial charge in [0.15, 0.2) is 11.2 Å². The molecule has 0 saturated heterocycles. The molecular formula is C16H19N5O. The smallest absolute Gasteiger partial charge is 0.280 e. The molecule has 6 heteroatoms. The molecule has 0 bridgehead atoms. The summed E-state index contributed by atoms with van der Waals surface area (Å²) < 4.78 is 1.84. The number of imidazole rings is 1. The Morgan fingerprint density at radius 2 is 1.95 bits per heavy atom. The number of nitrogens with one attached hydrogen (secondary N) is 1. The Bertz CT molecular complexity index is 832. The van der Waals surface area contributed by atoms with Crippen LogP contribution in [0.15, 0.2) is 35.4 Å². The number of hydrogen-bond donors (Lipinski definition) is 2. The maximum atomic E-state index is 11.8. The predicted molar refractivity (Wildman–Crippen MR) is 86.7 cm³/mol. The second-order valence-corrected chi connectivity index (χ2v) is 5.42. The van der Waals surface area contributed by atoms with Gasteiger partial charge >= 0.3 is 0 Å². The van der Waals surface area contributed by atoms with E-state index < -0.39 is 0 Å². The number of hydrogen-bond acceptors (Lipinski definition) is 4. The van der Waals surface area contributed by atoms with Gasteiger partial charge in [-0.25, -0.2) is 4.98 Å². The number of unbranched alkanes of at least 4 members (excludes halogenated alkanes) is 1. The summed E-state index contributed by atoms with van der Waals surface area (Å²) in [6.07, 6.45) is 5.14. The highest BCUT2D eigenvalue weighted by Crippen LogP contribution is 2.12.